The Morgan fingerprint density at radius 2 is 1.91 bits per heavy atom. The summed E-state index contributed by atoms with van der Waals surface area (Å²) >= 11 is 1.69. The Kier molecular flexibility index (Phi) is 5.65. The average Bonchev–Trinajstić information content (AvgIpc) is 3.09. The van der Waals surface area contributed by atoms with E-state index in [4.69, 9.17) is 4.98 Å². The molecule has 1 N–H and O–H groups in total. The molecule has 3 rings (SSSR count). The number of hydrogen-bond donors (Lipinski definition) is 1. The zero-order valence-electron chi connectivity index (χ0n) is 14.0. The lowest BCUT2D eigenvalue weighted by atomic mass is 10.2. The minimum absolute atomic E-state index is 0.540. The van der Waals surface area contributed by atoms with Crippen molar-refractivity contribution < 1.29 is 0 Å². The number of hydrogen-bond acceptors (Lipinski definition) is 5. The number of anilines is 1. The van der Waals surface area contributed by atoms with E-state index < -0.39 is 0 Å². The van der Waals surface area contributed by atoms with E-state index in [2.05, 4.69) is 58.6 Å². The molecular formula is C18H26N4S. The quantitative estimate of drug-likeness (QED) is 0.881. The predicted molar refractivity (Wildman–Crippen MR) is 99.2 cm³/mol. The maximum absolute atomic E-state index is 4.70. The van der Waals surface area contributed by atoms with Crippen molar-refractivity contribution in [1.29, 1.82) is 0 Å². The van der Waals surface area contributed by atoms with Gasteiger partial charge in [-0.25, -0.2) is 4.98 Å². The summed E-state index contributed by atoms with van der Waals surface area (Å²) in [5.74, 6) is 0. The highest BCUT2D eigenvalue weighted by Crippen LogP contribution is 2.24. The zero-order valence-corrected chi connectivity index (χ0v) is 14.9. The van der Waals surface area contributed by atoms with Crippen LogP contribution in [0.1, 0.15) is 13.8 Å². The first kappa shape index (κ1) is 16.4. The third-order valence-corrected chi connectivity index (χ3v) is 5.40. The standard InChI is InChI=1S/C18H26N4S/c1-3-21-9-11-22(12-10-21)15(2)13-19-18-20-17(14-23-18)16-7-5-4-6-8-16/h4-8,14-15H,3,9-13H2,1-2H3,(H,19,20). The second-order valence-electron chi connectivity index (χ2n) is 6.10. The molecule has 0 bridgehead atoms. The SMILES string of the molecule is CCN1CCN(C(C)CNc2nc(-c3ccccc3)cs2)CC1. The maximum atomic E-state index is 4.70. The van der Waals surface area contributed by atoms with Crippen molar-refractivity contribution in [3.05, 3.63) is 35.7 Å². The van der Waals surface area contributed by atoms with E-state index in [0.717, 1.165) is 17.4 Å². The average molecular weight is 331 g/mol. The van der Waals surface area contributed by atoms with Crippen molar-refractivity contribution in [2.45, 2.75) is 19.9 Å². The van der Waals surface area contributed by atoms with Crippen LogP contribution in [-0.2, 0) is 0 Å². The molecule has 1 aliphatic rings. The highest BCUT2D eigenvalue weighted by atomic mass is 32.1. The van der Waals surface area contributed by atoms with Crippen LogP contribution in [0.3, 0.4) is 0 Å². The van der Waals surface area contributed by atoms with Gasteiger partial charge in [0.15, 0.2) is 5.13 Å². The summed E-state index contributed by atoms with van der Waals surface area (Å²) in [6.45, 7) is 11.4. The number of nitrogens with zero attached hydrogens (tertiary/aromatic N) is 3. The molecule has 0 amide bonds. The van der Waals surface area contributed by atoms with E-state index in [-0.39, 0.29) is 0 Å². The molecule has 0 aliphatic carbocycles. The van der Waals surface area contributed by atoms with E-state index in [9.17, 15) is 0 Å². The maximum Gasteiger partial charge on any atom is 0.183 e. The number of likely N-dealkylation sites (N-methyl/N-ethyl adjacent to an activating group) is 1. The fraction of sp³-hybridized carbons (Fsp3) is 0.500. The van der Waals surface area contributed by atoms with Gasteiger partial charge in [0.05, 0.1) is 5.69 Å². The second-order valence-corrected chi connectivity index (χ2v) is 6.96. The van der Waals surface area contributed by atoms with E-state index >= 15 is 0 Å². The van der Waals surface area contributed by atoms with Gasteiger partial charge in [-0.2, -0.15) is 0 Å². The Morgan fingerprint density at radius 3 is 2.61 bits per heavy atom. The summed E-state index contributed by atoms with van der Waals surface area (Å²) < 4.78 is 0. The molecule has 0 radical (unpaired) electrons. The molecule has 1 aromatic carbocycles. The topological polar surface area (TPSA) is 31.4 Å². The summed E-state index contributed by atoms with van der Waals surface area (Å²) in [6.07, 6.45) is 0. The Labute approximate surface area is 143 Å². The first-order valence-electron chi connectivity index (χ1n) is 8.47. The van der Waals surface area contributed by atoms with Gasteiger partial charge in [0.2, 0.25) is 0 Å². The van der Waals surface area contributed by atoms with E-state index in [0.29, 0.717) is 6.04 Å². The van der Waals surface area contributed by atoms with Gasteiger partial charge in [-0.3, -0.25) is 4.90 Å². The molecule has 2 heterocycles. The molecule has 1 aromatic heterocycles. The summed E-state index contributed by atoms with van der Waals surface area (Å²) in [4.78, 5) is 9.80. The Balaban J connectivity index is 1.50. The molecular weight excluding hydrogens is 304 g/mol. The van der Waals surface area contributed by atoms with Gasteiger partial charge < -0.3 is 10.2 Å². The van der Waals surface area contributed by atoms with Gasteiger partial charge >= 0.3 is 0 Å². The molecule has 1 unspecified atom stereocenters. The Morgan fingerprint density at radius 1 is 1.17 bits per heavy atom. The highest BCUT2D eigenvalue weighted by molar-refractivity contribution is 7.14. The molecule has 1 saturated heterocycles. The number of piperazine rings is 1. The van der Waals surface area contributed by atoms with E-state index in [1.54, 1.807) is 11.3 Å². The number of nitrogens with one attached hydrogen (secondary N) is 1. The van der Waals surface area contributed by atoms with Crippen molar-refractivity contribution in [2.75, 3.05) is 44.6 Å². The lowest BCUT2D eigenvalue weighted by Crippen LogP contribution is -2.50. The van der Waals surface area contributed by atoms with Gasteiger partial charge in [0.1, 0.15) is 0 Å². The molecule has 5 heteroatoms. The highest BCUT2D eigenvalue weighted by Gasteiger charge is 2.20. The van der Waals surface area contributed by atoms with Crippen LogP contribution >= 0.6 is 11.3 Å². The van der Waals surface area contributed by atoms with Crippen LogP contribution < -0.4 is 5.32 Å². The third kappa shape index (κ3) is 4.31. The summed E-state index contributed by atoms with van der Waals surface area (Å²) in [5.41, 5.74) is 2.24. The molecule has 0 saturated carbocycles. The van der Waals surface area contributed by atoms with Crippen molar-refractivity contribution in [2.24, 2.45) is 0 Å². The van der Waals surface area contributed by atoms with Crippen LogP contribution in [0.5, 0.6) is 0 Å². The number of thiazole rings is 1. The van der Waals surface area contributed by atoms with Crippen molar-refractivity contribution in [3.8, 4) is 11.3 Å². The molecule has 1 aliphatic heterocycles. The number of benzene rings is 1. The van der Waals surface area contributed by atoms with Crippen molar-refractivity contribution >= 4 is 16.5 Å². The fourth-order valence-corrected chi connectivity index (χ4v) is 3.71. The summed E-state index contributed by atoms with van der Waals surface area (Å²) in [5, 5.41) is 6.65. The zero-order chi connectivity index (χ0) is 16.1. The van der Waals surface area contributed by atoms with E-state index in [1.165, 1.54) is 38.3 Å². The number of aromatic nitrogens is 1. The van der Waals surface area contributed by atoms with Gasteiger partial charge in [-0.15, -0.1) is 11.3 Å². The molecule has 1 atom stereocenters. The monoisotopic (exact) mass is 330 g/mol. The van der Waals surface area contributed by atoms with Crippen LogP contribution in [0.2, 0.25) is 0 Å². The summed E-state index contributed by atoms with van der Waals surface area (Å²) in [7, 11) is 0. The van der Waals surface area contributed by atoms with Gasteiger partial charge in [-0.1, -0.05) is 37.3 Å². The molecule has 4 nitrogen and oxygen atoms in total. The van der Waals surface area contributed by atoms with Crippen molar-refractivity contribution in [3.63, 3.8) is 0 Å². The predicted octanol–water partition coefficient (Wildman–Crippen LogP) is 3.25. The Hall–Kier alpha value is -1.43. The fourth-order valence-electron chi connectivity index (χ4n) is 2.98. The largest absolute Gasteiger partial charge is 0.360 e. The lowest BCUT2D eigenvalue weighted by Gasteiger charge is -2.37. The first-order chi connectivity index (χ1) is 11.3. The number of rotatable bonds is 6. The molecule has 124 valence electrons. The molecule has 2 aromatic rings. The van der Waals surface area contributed by atoms with Crippen LogP contribution in [0.15, 0.2) is 35.7 Å². The smallest absolute Gasteiger partial charge is 0.183 e. The van der Waals surface area contributed by atoms with Gasteiger partial charge in [0, 0.05) is 49.7 Å². The van der Waals surface area contributed by atoms with Gasteiger partial charge in [0.25, 0.3) is 0 Å². The van der Waals surface area contributed by atoms with E-state index in [1.807, 2.05) is 6.07 Å². The molecule has 0 spiro atoms. The lowest BCUT2D eigenvalue weighted by molar-refractivity contribution is 0.110. The van der Waals surface area contributed by atoms with Crippen LogP contribution in [0.25, 0.3) is 11.3 Å². The summed E-state index contributed by atoms with van der Waals surface area (Å²) in [6, 6.07) is 10.9. The third-order valence-electron chi connectivity index (χ3n) is 4.60. The van der Waals surface area contributed by atoms with Gasteiger partial charge in [-0.05, 0) is 13.5 Å². The van der Waals surface area contributed by atoms with Crippen LogP contribution in [0, 0.1) is 0 Å². The Bertz CT molecular complexity index is 590. The van der Waals surface area contributed by atoms with Crippen LogP contribution in [0.4, 0.5) is 5.13 Å². The minimum Gasteiger partial charge on any atom is -0.360 e. The molecule has 23 heavy (non-hydrogen) atoms. The first-order valence-corrected chi connectivity index (χ1v) is 9.35. The normalized spacial score (nSPS) is 18.0. The second kappa shape index (κ2) is 7.90. The minimum atomic E-state index is 0.540. The molecule has 1 fully saturated rings. The van der Waals surface area contributed by atoms with Crippen LogP contribution in [-0.4, -0.2) is 60.1 Å². The van der Waals surface area contributed by atoms with Crippen molar-refractivity contribution in [1.82, 2.24) is 14.8 Å².